The fraction of sp³-hybridized carbons (Fsp3) is 0.583. The van der Waals surface area contributed by atoms with E-state index in [1.54, 1.807) is 6.20 Å². The zero-order valence-corrected chi connectivity index (χ0v) is 10.0. The van der Waals surface area contributed by atoms with Crippen LogP contribution in [0.25, 0.3) is 0 Å². The second kappa shape index (κ2) is 5.12. The summed E-state index contributed by atoms with van der Waals surface area (Å²) < 4.78 is 0. The lowest BCUT2D eigenvalue weighted by atomic mass is 10.1. The van der Waals surface area contributed by atoms with Gasteiger partial charge in [0.25, 0.3) is 0 Å². The molecule has 0 unspecified atom stereocenters. The van der Waals surface area contributed by atoms with Crippen molar-refractivity contribution in [1.29, 1.82) is 0 Å². The van der Waals surface area contributed by atoms with E-state index in [4.69, 9.17) is 5.11 Å². The van der Waals surface area contributed by atoms with E-state index in [2.05, 4.69) is 14.9 Å². The van der Waals surface area contributed by atoms with E-state index in [9.17, 15) is 4.79 Å². The number of carboxylic acid groups (broad SMARTS) is 1. The number of hydrogen-bond acceptors (Lipinski definition) is 4. The Morgan fingerprint density at radius 1 is 1.47 bits per heavy atom. The van der Waals surface area contributed by atoms with Crippen LogP contribution < -0.4 is 4.90 Å². The van der Waals surface area contributed by atoms with E-state index in [-0.39, 0.29) is 6.42 Å². The molecule has 0 spiro atoms. The van der Waals surface area contributed by atoms with E-state index >= 15 is 0 Å². The number of aliphatic carboxylic acids is 1. The molecular formula is C12H17N3O2. The summed E-state index contributed by atoms with van der Waals surface area (Å²) in [5.41, 5.74) is 1.82. The summed E-state index contributed by atoms with van der Waals surface area (Å²) in [6.07, 6.45) is 4.79. The average molecular weight is 235 g/mol. The number of aromatic nitrogens is 2. The maximum Gasteiger partial charge on any atom is 0.303 e. The van der Waals surface area contributed by atoms with Crippen molar-refractivity contribution in [3.05, 3.63) is 17.5 Å². The average Bonchev–Trinajstić information content (AvgIpc) is 2.80. The Morgan fingerprint density at radius 3 is 2.76 bits per heavy atom. The molecule has 5 heteroatoms. The van der Waals surface area contributed by atoms with Gasteiger partial charge in [-0.3, -0.25) is 4.79 Å². The second-order valence-corrected chi connectivity index (χ2v) is 4.37. The molecule has 5 nitrogen and oxygen atoms in total. The predicted molar refractivity (Wildman–Crippen MR) is 64.2 cm³/mol. The molecule has 0 bridgehead atoms. The van der Waals surface area contributed by atoms with Crippen molar-refractivity contribution in [1.82, 2.24) is 9.97 Å². The van der Waals surface area contributed by atoms with Gasteiger partial charge in [0, 0.05) is 31.4 Å². The number of anilines is 1. The highest BCUT2D eigenvalue weighted by Crippen LogP contribution is 2.17. The van der Waals surface area contributed by atoms with Gasteiger partial charge < -0.3 is 10.0 Å². The molecule has 1 aliphatic rings. The quantitative estimate of drug-likeness (QED) is 0.854. The SMILES string of the molecule is Cc1nc(N2CCCC2)ncc1CCC(=O)O. The van der Waals surface area contributed by atoms with Gasteiger partial charge in [0.1, 0.15) is 0 Å². The molecule has 2 heterocycles. The van der Waals surface area contributed by atoms with Crippen LogP contribution in [0.2, 0.25) is 0 Å². The van der Waals surface area contributed by atoms with Crippen LogP contribution in [-0.4, -0.2) is 34.1 Å². The van der Waals surface area contributed by atoms with Crippen LogP contribution in [0, 0.1) is 6.92 Å². The van der Waals surface area contributed by atoms with Gasteiger partial charge in [-0.25, -0.2) is 9.97 Å². The van der Waals surface area contributed by atoms with Gasteiger partial charge in [0.05, 0.1) is 0 Å². The maximum absolute atomic E-state index is 10.5. The number of carboxylic acids is 1. The Bertz CT molecular complexity index is 414. The largest absolute Gasteiger partial charge is 0.481 e. The first-order valence-electron chi connectivity index (χ1n) is 5.96. The Hall–Kier alpha value is -1.65. The molecule has 17 heavy (non-hydrogen) atoms. The Balaban J connectivity index is 2.08. The molecule has 1 aromatic rings. The van der Waals surface area contributed by atoms with Crippen LogP contribution in [0.15, 0.2) is 6.20 Å². The molecule has 0 amide bonds. The number of carbonyl (C=O) groups is 1. The molecule has 0 aromatic carbocycles. The highest BCUT2D eigenvalue weighted by atomic mass is 16.4. The number of aryl methyl sites for hydroxylation is 2. The van der Waals surface area contributed by atoms with Gasteiger partial charge in [-0.15, -0.1) is 0 Å². The predicted octanol–water partition coefficient (Wildman–Crippen LogP) is 1.40. The summed E-state index contributed by atoms with van der Waals surface area (Å²) in [4.78, 5) is 21.5. The monoisotopic (exact) mass is 235 g/mol. The van der Waals surface area contributed by atoms with Crippen molar-refractivity contribution in [3.8, 4) is 0 Å². The Morgan fingerprint density at radius 2 is 2.18 bits per heavy atom. The lowest BCUT2D eigenvalue weighted by molar-refractivity contribution is -0.136. The summed E-state index contributed by atoms with van der Waals surface area (Å²) in [6.45, 7) is 3.96. The molecule has 1 aromatic heterocycles. The van der Waals surface area contributed by atoms with Crippen molar-refractivity contribution < 1.29 is 9.90 Å². The summed E-state index contributed by atoms with van der Waals surface area (Å²) in [6, 6.07) is 0. The molecule has 0 radical (unpaired) electrons. The third-order valence-corrected chi connectivity index (χ3v) is 3.07. The standard InChI is InChI=1S/C12H17N3O2/c1-9-10(4-5-11(16)17)8-13-12(14-9)15-6-2-3-7-15/h8H,2-7H2,1H3,(H,16,17). The first-order valence-corrected chi connectivity index (χ1v) is 5.96. The van der Waals surface area contributed by atoms with Gasteiger partial charge in [-0.2, -0.15) is 0 Å². The lowest BCUT2D eigenvalue weighted by Crippen LogP contribution is -2.21. The number of rotatable bonds is 4. The van der Waals surface area contributed by atoms with Crippen molar-refractivity contribution in [2.45, 2.75) is 32.6 Å². The lowest BCUT2D eigenvalue weighted by Gasteiger charge is -2.16. The topological polar surface area (TPSA) is 66.3 Å². The van der Waals surface area contributed by atoms with Crippen LogP contribution in [0.1, 0.15) is 30.5 Å². The first-order chi connectivity index (χ1) is 8.16. The van der Waals surface area contributed by atoms with Gasteiger partial charge in [0.2, 0.25) is 5.95 Å². The minimum atomic E-state index is -0.784. The van der Waals surface area contributed by atoms with Crippen LogP contribution >= 0.6 is 0 Å². The molecule has 1 N–H and O–H groups in total. The molecule has 2 rings (SSSR count). The van der Waals surface area contributed by atoms with Crippen LogP contribution in [-0.2, 0) is 11.2 Å². The van der Waals surface area contributed by atoms with E-state index in [0.29, 0.717) is 6.42 Å². The summed E-state index contributed by atoms with van der Waals surface area (Å²) >= 11 is 0. The van der Waals surface area contributed by atoms with E-state index in [1.807, 2.05) is 6.92 Å². The van der Waals surface area contributed by atoms with Crippen molar-refractivity contribution in [3.63, 3.8) is 0 Å². The van der Waals surface area contributed by atoms with Gasteiger partial charge in [0.15, 0.2) is 0 Å². The number of hydrogen-bond donors (Lipinski definition) is 1. The maximum atomic E-state index is 10.5. The normalized spacial score (nSPS) is 15.2. The Labute approximate surface area is 100 Å². The van der Waals surface area contributed by atoms with Crippen molar-refractivity contribution in [2.24, 2.45) is 0 Å². The minimum Gasteiger partial charge on any atom is -0.481 e. The summed E-state index contributed by atoms with van der Waals surface area (Å²) in [5, 5.41) is 8.64. The first kappa shape index (κ1) is 11.8. The highest BCUT2D eigenvalue weighted by molar-refractivity contribution is 5.67. The van der Waals surface area contributed by atoms with E-state index in [0.717, 1.165) is 30.3 Å². The van der Waals surface area contributed by atoms with Crippen molar-refractivity contribution >= 4 is 11.9 Å². The van der Waals surface area contributed by atoms with E-state index < -0.39 is 5.97 Å². The van der Waals surface area contributed by atoms with Gasteiger partial charge in [-0.1, -0.05) is 0 Å². The fourth-order valence-corrected chi connectivity index (χ4v) is 2.04. The van der Waals surface area contributed by atoms with Gasteiger partial charge >= 0.3 is 5.97 Å². The third-order valence-electron chi connectivity index (χ3n) is 3.07. The fourth-order valence-electron chi connectivity index (χ4n) is 2.04. The minimum absolute atomic E-state index is 0.132. The van der Waals surface area contributed by atoms with Crippen LogP contribution in [0.5, 0.6) is 0 Å². The van der Waals surface area contributed by atoms with E-state index in [1.165, 1.54) is 12.8 Å². The summed E-state index contributed by atoms with van der Waals surface area (Å²) in [5.74, 6) is -0.00732. The molecule has 92 valence electrons. The molecule has 1 saturated heterocycles. The molecule has 1 aliphatic heterocycles. The highest BCUT2D eigenvalue weighted by Gasteiger charge is 2.15. The molecule has 1 fully saturated rings. The smallest absolute Gasteiger partial charge is 0.303 e. The Kier molecular flexibility index (Phi) is 3.56. The third kappa shape index (κ3) is 2.93. The molecular weight excluding hydrogens is 218 g/mol. The molecule has 0 saturated carbocycles. The molecule has 0 aliphatic carbocycles. The van der Waals surface area contributed by atoms with Crippen LogP contribution in [0.4, 0.5) is 5.95 Å². The van der Waals surface area contributed by atoms with Gasteiger partial charge in [-0.05, 0) is 31.7 Å². The zero-order valence-electron chi connectivity index (χ0n) is 10.0. The van der Waals surface area contributed by atoms with Crippen LogP contribution in [0.3, 0.4) is 0 Å². The second-order valence-electron chi connectivity index (χ2n) is 4.37. The van der Waals surface area contributed by atoms with Crippen molar-refractivity contribution in [2.75, 3.05) is 18.0 Å². The zero-order chi connectivity index (χ0) is 12.3. The number of nitrogens with zero attached hydrogens (tertiary/aromatic N) is 3. The summed E-state index contributed by atoms with van der Waals surface area (Å²) in [7, 11) is 0. The molecule has 0 atom stereocenters.